The van der Waals surface area contributed by atoms with Crippen molar-refractivity contribution in [3.05, 3.63) is 59.8 Å². The molecule has 3 rings (SSSR count). The average Bonchev–Trinajstić information content (AvgIpc) is 2.74. The second kappa shape index (κ2) is 10.8. The number of rotatable bonds is 4. The quantitative estimate of drug-likeness (QED) is 0.878. The number of ether oxygens (including phenoxy) is 1. The Bertz CT molecular complexity index is 758. The Balaban J connectivity index is 0.00000126. The van der Waals surface area contributed by atoms with Gasteiger partial charge in [0, 0.05) is 25.3 Å². The summed E-state index contributed by atoms with van der Waals surface area (Å²) < 4.78 is 5.40. The van der Waals surface area contributed by atoms with Gasteiger partial charge in [-0.15, -0.1) is 0 Å². The normalized spacial score (nSPS) is 15.7. The number of nitrogens with zero attached hydrogens (tertiary/aromatic N) is 3. The summed E-state index contributed by atoms with van der Waals surface area (Å²) in [6.45, 7) is 5.53. The van der Waals surface area contributed by atoms with Crippen LogP contribution in [0, 0.1) is 11.3 Å². The van der Waals surface area contributed by atoms with E-state index in [1.165, 1.54) is 0 Å². The molecule has 0 spiro atoms. The van der Waals surface area contributed by atoms with Crippen molar-refractivity contribution in [3.63, 3.8) is 0 Å². The summed E-state index contributed by atoms with van der Waals surface area (Å²) in [5.41, 5.74) is 1.53. The van der Waals surface area contributed by atoms with Crippen LogP contribution >= 0.6 is 0 Å². The topological polar surface area (TPSA) is 78.3 Å². The molecule has 142 valence electrons. The molecule has 1 N–H and O–H groups in total. The number of amides is 1. The molecule has 27 heavy (non-hydrogen) atoms. The van der Waals surface area contributed by atoms with Gasteiger partial charge in [0.1, 0.15) is 12.4 Å². The highest BCUT2D eigenvalue weighted by Gasteiger charge is 2.24. The van der Waals surface area contributed by atoms with Gasteiger partial charge < -0.3 is 15.0 Å². The molecule has 6 nitrogen and oxygen atoms in total. The highest BCUT2D eigenvalue weighted by atomic mass is 16.6. The third kappa shape index (κ3) is 6.30. The predicted octanol–water partition coefficient (Wildman–Crippen LogP) is 4.19. The minimum atomic E-state index is -0.297. The van der Waals surface area contributed by atoms with Crippen molar-refractivity contribution in [2.45, 2.75) is 39.3 Å². The summed E-state index contributed by atoms with van der Waals surface area (Å²) in [6.07, 6.45) is 3.15. The summed E-state index contributed by atoms with van der Waals surface area (Å²) in [5, 5.41) is 12.3. The first-order valence-electron chi connectivity index (χ1n) is 9.33. The number of likely N-dealkylation sites (tertiary alicyclic amines) is 1. The minimum Gasteiger partial charge on any atom is -0.445 e. The first-order valence-corrected chi connectivity index (χ1v) is 9.33. The molecule has 0 aliphatic carbocycles. The first-order chi connectivity index (χ1) is 13.2. The zero-order chi connectivity index (χ0) is 19.5. The van der Waals surface area contributed by atoms with Crippen molar-refractivity contribution in [2.24, 2.45) is 0 Å². The zero-order valence-corrected chi connectivity index (χ0v) is 15.9. The summed E-state index contributed by atoms with van der Waals surface area (Å²) in [5.74, 6) is 0.656. The number of nitrogens with one attached hydrogen (secondary N) is 1. The van der Waals surface area contributed by atoms with Gasteiger partial charge in [-0.25, -0.2) is 9.78 Å². The lowest BCUT2D eigenvalue weighted by molar-refractivity contribution is 0.0874. The number of hydrogen-bond acceptors (Lipinski definition) is 5. The van der Waals surface area contributed by atoms with E-state index in [0.29, 0.717) is 24.5 Å². The second-order valence-corrected chi connectivity index (χ2v) is 6.01. The van der Waals surface area contributed by atoms with Crippen LogP contribution in [0.1, 0.15) is 37.8 Å². The number of aromatic nitrogens is 1. The molecule has 0 radical (unpaired) electrons. The number of nitriles is 1. The van der Waals surface area contributed by atoms with Gasteiger partial charge in [-0.3, -0.25) is 0 Å². The van der Waals surface area contributed by atoms with Crippen molar-refractivity contribution in [3.8, 4) is 6.07 Å². The Labute approximate surface area is 160 Å². The predicted molar refractivity (Wildman–Crippen MR) is 105 cm³/mol. The molecule has 1 fully saturated rings. The van der Waals surface area contributed by atoms with E-state index < -0.39 is 0 Å². The zero-order valence-electron chi connectivity index (χ0n) is 15.9. The molecule has 1 aromatic carbocycles. The van der Waals surface area contributed by atoms with E-state index >= 15 is 0 Å². The molecule has 0 bridgehead atoms. The molecule has 1 aliphatic heterocycles. The molecule has 0 saturated carbocycles. The number of carbonyl (C=O) groups is 1. The number of anilines is 1. The summed E-state index contributed by atoms with van der Waals surface area (Å²) in [4.78, 5) is 18.2. The smallest absolute Gasteiger partial charge is 0.410 e. The van der Waals surface area contributed by atoms with E-state index in [1.54, 1.807) is 23.2 Å². The molecule has 6 heteroatoms. The number of hydrogen-bond donors (Lipinski definition) is 1. The monoisotopic (exact) mass is 366 g/mol. The van der Waals surface area contributed by atoms with Crippen LogP contribution in [0.3, 0.4) is 0 Å². The lowest BCUT2D eigenvalue weighted by atomic mass is 10.1. The number of pyridine rings is 1. The molecule has 2 aromatic rings. The van der Waals surface area contributed by atoms with Gasteiger partial charge in [0.15, 0.2) is 0 Å². The molecular formula is C21H26N4O2. The summed E-state index contributed by atoms with van der Waals surface area (Å²) >= 11 is 0. The van der Waals surface area contributed by atoms with E-state index in [2.05, 4.69) is 16.4 Å². The van der Waals surface area contributed by atoms with Gasteiger partial charge >= 0.3 is 6.09 Å². The van der Waals surface area contributed by atoms with Crippen molar-refractivity contribution in [2.75, 3.05) is 18.4 Å². The number of benzene rings is 1. The maximum Gasteiger partial charge on any atom is 0.410 e. The summed E-state index contributed by atoms with van der Waals surface area (Å²) in [6, 6.07) is 15.2. The number of piperidine rings is 1. The second-order valence-electron chi connectivity index (χ2n) is 6.01. The van der Waals surface area contributed by atoms with Crippen LogP contribution in [0.5, 0.6) is 0 Å². The lowest BCUT2D eigenvalue weighted by Gasteiger charge is -2.32. The molecule has 2 heterocycles. The van der Waals surface area contributed by atoms with Crippen LogP contribution in [0.25, 0.3) is 0 Å². The molecule has 0 unspecified atom stereocenters. The van der Waals surface area contributed by atoms with E-state index in [4.69, 9.17) is 10.00 Å². The van der Waals surface area contributed by atoms with Crippen LogP contribution < -0.4 is 5.32 Å². The molecule has 1 atom stereocenters. The van der Waals surface area contributed by atoms with Crippen LogP contribution in [-0.2, 0) is 11.3 Å². The lowest BCUT2D eigenvalue weighted by Crippen LogP contribution is -2.45. The molecule has 1 aliphatic rings. The standard InChI is InChI=1S/C19H20N4O2.C2H6/c20-12-16-8-9-21-18(11-16)22-17-7-4-10-23(13-17)19(24)25-14-15-5-2-1-3-6-15;1-2/h1-3,5-6,8-9,11,17H,4,7,10,13-14H2,(H,21,22);1-2H3/t17-;/m1./s1. The Morgan fingerprint density at radius 3 is 2.85 bits per heavy atom. The average molecular weight is 366 g/mol. The van der Waals surface area contributed by atoms with Gasteiger partial charge in [0.25, 0.3) is 0 Å². The van der Waals surface area contributed by atoms with Crippen molar-refractivity contribution in [1.29, 1.82) is 5.26 Å². The Morgan fingerprint density at radius 2 is 2.11 bits per heavy atom. The third-order valence-corrected chi connectivity index (χ3v) is 4.13. The number of carbonyl (C=O) groups excluding carboxylic acids is 1. The van der Waals surface area contributed by atoms with Crippen LogP contribution in [0.4, 0.5) is 10.6 Å². The third-order valence-electron chi connectivity index (χ3n) is 4.13. The highest BCUT2D eigenvalue weighted by molar-refractivity contribution is 5.68. The Hall–Kier alpha value is -3.07. The highest BCUT2D eigenvalue weighted by Crippen LogP contribution is 2.16. The Kier molecular flexibility index (Phi) is 8.11. The Morgan fingerprint density at radius 1 is 1.33 bits per heavy atom. The van der Waals surface area contributed by atoms with Gasteiger partial charge in [-0.2, -0.15) is 5.26 Å². The van der Waals surface area contributed by atoms with Crippen molar-refractivity contribution < 1.29 is 9.53 Å². The van der Waals surface area contributed by atoms with Crippen LogP contribution in [0.15, 0.2) is 48.7 Å². The fraction of sp³-hybridized carbons (Fsp3) is 0.381. The van der Waals surface area contributed by atoms with E-state index in [-0.39, 0.29) is 18.7 Å². The molecule has 1 saturated heterocycles. The van der Waals surface area contributed by atoms with Crippen LogP contribution in [-0.4, -0.2) is 35.1 Å². The van der Waals surface area contributed by atoms with Crippen molar-refractivity contribution >= 4 is 11.9 Å². The van der Waals surface area contributed by atoms with Gasteiger partial charge in [-0.1, -0.05) is 44.2 Å². The fourth-order valence-corrected chi connectivity index (χ4v) is 2.86. The SMILES string of the molecule is CC.N#Cc1ccnc(N[C@@H]2CCCN(C(=O)OCc3ccccc3)C2)c1. The van der Waals surface area contributed by atoms with Crippen molar-refractivity contribution in [1.82, 2.24) is 9.88 Å². The van der Waals surface area contributed by atoms with Gasteiger partial charge in [-0.05, 0) is 30.5 Å². The van der Waals surface area contributed by atoms with Gasteiger partial charge in [0.05, 0.1) is 11.6 Å². The summed E-state index contributed by atoms with van der Waals surface area (Å²) in [7, 11) is 0. The van der Waals surface area contributed by atoms with Gasteiger partial charge in [0.2, 0.25) is 0 Å². The minimum absolute atomic E-state index is 0.0967. The fourth-order valence-electron chi connectivity index (χ4n) is 2.86. The van der Waals surface area contributed by atoms with E-state index in [1.807, 2.05) is 44.2 Å². The van der Waals surface area contributed by atoms with E-state index in [0.717, 1.165) is 18.4 Å². The van der Waals surface area contributed by atoms with Crippen LogP contribution in [0.2, 0.25) is 0 Å². The maximum atomic E-state index is 12.3. The first kappa shape index (κ1) is 20.2. The van der Waals surface area contributed by atoms with E-state index in [9.17, 15) is 4.79 Å². The maximum absolute atomic E-state index is 12.3. The molecule has 1 aromatic heterocycles. The largest absolute Gasteiger partial charge is 0.445 e. The molecular weight excluding hydrogens is 340 g/mol. The molecule has 1 amide bonds.